The first-order valence-corrected chi connectivity index (χ1v) is 8.53. The molecule has 1 saturated carbocycles. The molecule has 1 aliphatic carbocycles. The maximum atomic E-state index is 5.91. The lowest BCUT2D eigenvalue weighted by Gasteiger charge is -2.31. The van der Waals surface area contributed by atoms with E-state index in [-0.39, 0.29) is 0 Å². The summed E-state index contributed by atoms with van der Waals surface area (Å²) >= 11 is 1.81. The summed E-state index contributed by atoms with van der Waals surface area (Å²) in [5.74, 6) is 0.689. The third kappa shape index (κ3) is 3.77. The molecule has 19 heavy (non-hydrogen) atoms. The fourth-order valence-corrected chi connectivity index (χ4v) is 4.09. The second-order valence-corrected chi connectivity index (χ2v) is 6.48. The van der Waals surface area contributed by atoms with Gasteiger partial charge in [-0.05, 0) is 44.7 Å². The van der Waals surface area contributed by atoms with Gasteiger partial charge in [0, 0.05) is 18.0 Å². The van der Waals surface area contributed by atoms with Crippen molar-refractivity contribution in [2.45, 2.75) is 58.5 Å². The number of aryl methyl sites for hydroxylation is 1. The molecule has 2 atom stereocenters. The third-order valence-electron chi connectivity index (χ3n) is 4.23. The molecule has 4 heteroatoms. The van der Waals surface area contributed by atoms with Crippen LogP contribution in [0.3, 0.4) is 0 Å². The summed E-state index contributed by atoms with van der Waals surface area (Å²) in [6.45, 7) is 7.40. The van der Waals surface area contributed by atoms with Crippen LogP contribution in [0.2, 0.25) is 0 Å². The van der Waals surface area contributed by atoms with E-state index in [2.05, 4.69) is 24.1 Å². The van der Waals surface area contributed by atoms with Crippen molar-refractivity contribution >= 4 is 11.3 Å². The van der Waals surface area contributed by atoms with Crippen LogP contribution in [0.25, 0.3) is 0 Å². The Labute approximate surface area is 121 Å². The van der Waals surface area contributed by atoms with Crippen LogP contribution in [0.5, 0.6) is 0 Å². The van der Waals surface area contributed by atoms with E-state index in [0.717, 1.165) is 26.1 Å². The summed E-state index contributed by atoms with van der Waals surface area (Å²) < 4.78 is 0. The van der Waals surface area contributed by atoms with Crippen LogP contribution < -0.4 is 5.73 Å². The van der Waals surface area contributed by atoms with Crippen molar-refractivity contribution in [1.29, 1.82) is 0 Å². The van der Waals surface area contributed by atoms with Crippen LogP contribution >= 0.6 is 11.3 Å². The van der Waals surface area contributed by atoms with E-state index in [9.17, 15) is 0 Å². The van der Waals surface area contributed by atoms with Gasteiger partial charge in [0.1, 0.15) is 0 Å². The summed E-state index contributed by atoms with van der Waals surface area (Å²) in [7, 11) is 0. The van der Waals surface area contributed by atoms with Gasteiger partial charge in [-0.1, -0.05) is 20.3 Å². The number of aromatic nitrogens is 1. The monoisotopic (exact) mass is 281 g/mol. The summed E-state index contributed by atoms with van der Waals surface area (Å²) in [5, 5.41) is 3.52. The van der Waals surface area contributed by atoms with Crippen LogP contribution in [0.15, 0.2) is 5.38 Å². The highest BCUT2D eigenvalue weighted by Gasteiger charge is 2.30. The molecule has 3 nitrogen and oxygen atoms in total. The van der Waals surface area contributed by atoms with Crippen LogP contribution in [0.1, 0.15) is 50.2 Å². The van der Waals surface area contributed by atoms with Crippen LogP contribution in [-0.4, -0.2) is 29.0 Å². The highest BCUT2D eigenvalue weighted by atomic mass is 32.1. The molecule has 2 N–H and O–H groups in total. The zero-order valence-corrected chi connectivity index (χ0v) is 13.1. The van der Waals surface area contributed by atoms with Crippen LogP contribution in [-0.2, 0) is 13.0 Å². The molecule has 0 spiro atoms. The maximum Gasteiger partial charge on any atom is 0.0928 e. The Bertz CT molecular complexity index is 377. The summed E-state index contributed by atoms with van der Waals surface area (Å²) in [6, 6.07) is 0.673. The van der Waals surface area contributed by atoms with Crippen LogP contribution in [0.4, 0.5) is 0 Å². The van der Waals surface area contributed by atoms with Gasteiger partial charge in [-0.25, -0.2) is 4.98 Å². The van der Waals surface area contributed by atoms with E-state index in [1.165, 1.54) is 36.4 Å². The predicted octanol–water partition coefficient (Wildman–Crippen LogP) is 3.04. The molecular weight excluding hydrogens is 254 g/mol. The molecule has 2 rings (SSSR count). The van der Waals surface area contributed by atoms with Crippen molar-refractivity contribution < 1.29 is 0 Å². The first-order chi connectivity index (χ1) is 9.28. The second kappa shape index (κ2) is 7.36. The number of rotatable bonds is 7. The van der Waals surface area contributed by atoms with Gasteiger partial charge in [0.15, 0.2) is 0 Å². The van der Waals surface area contributed by atoms with Gasteiger partial charge in [-0.3, -0.25) is 4.90 Å². The standard InChI is InChI=1S/C15H27N3S/c1-3-6-15-17-13(11-19-15)10-18(4-2)14-8-5-7-12(14)9-16/h11-12,14H,3-10,16H2,1-2H3. The van der Waals surface area contributed by atoms with Gasteiger partial charge < -0.3 is 5.73 Å². The minimum atomic E-state index is 0.673. The lowest BCUT2D eigenvalue weighted by Crippen LogP contribution is -2.39. The van der Waals surface area contributed by atoms with Crippen molar-refractivity contribution in [3.05, 3.63) is 16.1 Å². The summed E-state index contributed by atoms with van der Waals surface area (Å²) in [6.07, 6.45) is 6.24. The number of thiazole rings is 1. The Hall–Kier alpha value is -0.450. The molecule has 0 aliphatic heterocycles. The lowest BCUT2D eigenvalue weighted by atomic mass is 10.0. The minimum Gasteiger partial charge on any atom is -0.330 e. The Morgan fingerprint density at radius 2 is 2.26 bits per heavy atom. The Kier molecular flexibility index (Phi) is 5.79. The first-order valence-electron chi connectivity index (χ1n) is 7.65. The second-order valence-electron chi connectivity index (χ2n) is 5.54. The lowest BCUT2D eigenvalue weighted by molar-refractivity contribution is 0.160. The smallest absolute Gasteiger partial charge is 0.0928 e. The van der Waals surface area contributed by atoms with Crippen molar-refractivity contribution in [2.24, 2.45) is 11.7 Å². The summed E-state index contributed by atoms with van der Waals surface area (Å²) in [4.78, 5) is 7.33. The molecule has 0 aromatic carbocycles. The first kappa shape index (κ1) is 14.9. The fraction of sp³-hybridized carbons (Fsp3) is 0.800. The maximum absolute atomic E-state index is 5.91. The minimum absolute atomic E-state index is 0.673. The van der Waals surface area contributed by atoms with E-state index in [1.54, 1.807) is 0 Å². The Balaban J connectivity index is 1.97. The topological polar surface area (TPSA) is 42.2 Å². The SMILES string of the molecule is CCCc1nc(CN(CC)C2CCCC2CN)cs1. The predicted molar refractivity (Wildman–Crippen MR) is 82.4 cm³/mol. The molecule has 2 unspecified atom stereocenters. The molecule has 1 aromatic rings. The fourth-order valence-electron chi connectivity index (χ4n) is 3.19. The molecule has 0 radical (unpaired) electrons. The van der Waals surface area contributed by atoms with Gasteiger partial charge >= 0.3 is 0 Å². The van der Waals surface area contributed by atoms with Gasteiger partial charge in [-0.2, -0.15) is 0 Å². The molecule has 1 heterocycles. The Morgan fingerprint density at radius 1 is 1.42 bits per heavy atom. The molecular formula is C15H27N3S. The third-order valence-corrected chi connectivity index (χ3v) is 5.18. The molecule has 0 amide bonds. The van der Waals surface area contributed by atoms with E-state index >= 15 is 0 Å². The van der Waals surface area contributed by atoms with E-state index in [1.807, 2.05) is 11.3 Å². The highest BCUT2D eigenvalue weighted by molar-refractivity contribution is 7.09. The molecule has 0 saturated heterocycles. The molecule has 0 bridgehead atoms. The van der Waals surface area contributed by atoms with E-state index in [4.69, 9.17) is 10.7 Å². The van der Waals surface area contributed by atoms with Crippen molar-refractivity contribution in [3.8, 4) is 0 Å². The largest absolute Gasteiger partial charge is 0.330 e. The van der Waals surface area contributed by atoms with E-state index in [0.29, 0.717) is 12.0 Å². The highest BCUT2D eigenvalue weighted by Crippen LogP contribution is 2.30. The Morgan fingerprint density at radius 3 is 2.95 bits per heavy atom. The van der Waals surface area contributed by atoms with Gasteiger partial charge in [-0.15, -0.1) is 11.3 Å². The van der Waals surface area contributed by atoms with Crippen molar-refractivity contribution in [3.63, 3.8) is 0 Å². The molecule has 1 fully saturated rings. The number of nitrogens with zero attached hydrogens (tertiary/aromatic N) is 2. The van der Waals surface area contributed by atoms with Crippen molar-refractivity contribution in [1.82, 2.24) is 9.88 Å². The molecule has 1 aromatic heterocycles. The van der Waals surface area contributed by atoms with Crippen molar-refractivity contribution in [2.75, 3.05) is 13.1 Å². The number of hydrogen-bond donors (Lipinski definition) is 1. The number of nitrogens with two attached hydrogens (primary N) is 1. The van der Waals surface area contributed by atoms with E-state index < -0.39 is 0 Å². The normalized spacial score (nSPS) is 23.4. The average Bonchev–Trinajstić information content (AvgIpc) is 3.05. The molecule has 108 valence electrons. The zero-order chi connectivity index (χ0) is 13.7. The zero-order valence-electron chi connectivity index (χ0n) is 12.3. The van der Waals surface area contributed by atoms with Gasteiger partial charge in [0.2, 0.25) is 0 Å². The summed E-state index contributed by atoms with van der Waals surface area (Å²) in [5.41, 5.74) is 7.16. The van der Waals surface area contributed by atoms with Crippen LogP contribution in [0, 0.1) is 5.92 Å². The molecule has 1 aliphatic rings. The quantitative estimate of drug-likeness (QED) is 0.835. The van der Waals surface area contributed by atoms with Gasteiger partial charge in [0.05, 0.1) is 10.7 Å². The number of hydrogen-bond acceptors (Lipinski definition) is 4. The van der Waals surface area contributed by atoms with Gasteiger partial charge in [0.25, 0.3) is 0 Å². The average molecular weight is 281 g/mol.